The average Bonchev–Trinajstić information content (AvgIpc) is 2.57. The van der Waals surface area contributed by atoms with E-state index in [9.17, 15) is 13.2 Å². The number of carbonyl (C=O) groups excluding carboxylic acids is 1. The molecule has 1 N–H and O–H groups in total. The van der Waals surface area contributed by atoms with Gasteiger partial charge in [-0.2, -0.15) is 0 Å². The highest BCUT2D eigenvalue weighted by Crippen LogP contribution is 2.27. The topological polar surface area (TPSA) is 66.5 Å². The number of halogens is 2. The predicted octanol–water partition coefficient (Wildman–Crippen LogP) is 4.18. The fourth-order valence-corrected chi connectivity index (χ4v) is 4.74. The highest BCUT2D eigenvalue weighted by atomic mass is 35.5. The van der Waals surface area contributed by atoms with Gasteiger partial charge in [0, 0.05) is 17.1 Å². The van der Waals surface area contributed by atoms with E-state index in [1.807, 2.05) is 0 Å². The smallest absolute Gasteiger partial charge is 0.255 e. The second-order valence-electron chi connectivity index (χ2n) is 5.72. The van der Waals surface area contributed by atoms with Crippen molar-refractivity contribution >= 4 is 50.5 Å². The number of carbonyl (C=O) groups is 1. The van der Waals surface area contributed by atoms with E-state index in [4.69, 9.17) is 23.2 Å². The standard InChI is InChI=1S/C17H16Cl2N2O3S/c18-13-5-8-16(15(19)11-13)20-17(22)12-3-6-14(7-4-12)21-9-1-2-10-25(21,23)24/h3-8,11H,1-2,9-10H2,(H,20,22). The van der Waals surface area contributed by atoms with Gasteiger partial charge in [-0.3, -0.25) is 9.10 Å². The van der Waals surface area contributed by atoms with Crippen LogP contribution in [0.15, 0.2) is 42.5 Å². The van der Waals surface area contributed by atoms with Crippen LogP contribution in [0.2, 0.25) is 10.0 Å². The van der Waals surface area contributed by atoms with E-state index in [1.54, 1.807) is 42.5 Å². The van der Waals surface area contributed by atoms with Crippen molar-refractivity contribution in [2.75, 3.05) is 21.9 Å². The van der Waals surface area contributed by atoms with E-state index < -0.39 is 10.0 Å². The third-order valence-electron chi connectivity index (χ3n) is 3.95. The second kappa shape index (κ2) is 7.23. The maximum absolute atomic E-state index is 12.3. The van der Waals surface area contributed by atoms with Crippen molar-refractivity contribution in [2.24, 2.45) is 0 Å². The van der Waals surface area contributed by atoms with E-state index in [0.717, 1.165) is 6.42 Å². The highest BCUT2D eigenvalue weighted by Gasteiger charge is 2.26. The lowest BCUT2D eigenvalue weighted by molar-refractivity contribution is 0.102. The first kappa shape index (κ1) is 18.0. The summed E-state index contributed by atoms with van der Waals surface area (Å²) < 4.78 is 25.7. The summed E-state index contributed by atoms with van der Waals surface area (Å²) in [5.41, 5.74) is 1.43. The Hall–Kier alpha value is -1.76. The number of rotatable bonds is 3. The highest BCUT2D eigenvalue weighted by molar-refractivity contribution is 7.92. The van der Waals surface area contributed by atoms with E-state index >= 15 is 0 Å². The molecule has 0 unspecified atom stereocenters. The Bertz CT molecular complexity index is 899. The van der Waals surface area contributed by atoms with Gasteiger partial charge in [-0.1, -0.05) is 23.2 Å². The Morgan fingerprint density at radius 3 is 2.40 bits per heavy atom. The monoisotopic (exact) mass is 398 g/mol. The number of nitrogens with one attached hydrogen (secondary N) is 1. The molecule has 0 radical (unpaired) electrons. The minimum Gasteiger partial charge on any atom is -0.321 e. The molecule has 0 bridgehead atoms. The third-order valence-corrected chi connectivity index (χ3v) is 6.36. The largest absolute Gasteiger partial charge is 0.321 e. The molecule has 0 spiro atoms. The summed E-state index contributed by atoms with van der Waals surface area (Å²) in [6, 6.07) is 11.3. The van der Waals surface area contributed by atoms with Gasteiger partial charge in [0.2, 0.25) is 10.0 Å². The second-order valence-corrected chi connectivity index (χ2v) is 8.58. The van der Waals surface area contributed by atoms with Crippen molar-refractivity contribution in [1.82, 2.24) is 0 Å². The number of sulfonamides is 1. The molecule has 0 aliphatic carbocycles. The van der Waals surface area contributed by atoms with E-state index in [1.165, 1.54) is 4.31 Å². The van der Waals surface area contributed by atoms with Gasteiger partial charge in [-0.25, -0.2) is 8.42 Å². The van der Waals surface area contributed by atoms with Crippen LogP contribution in [0.25, 0.3) is 0 Å². The first-order chi connectivity index (χ1) is 11.9. The zero-order valence-electron chi connectivity index (χ0n) is 13.2. The van der Waals surface area contributed by atoms with Crippen LogP contribution in [0.4, 0.5) is 11.4 Å². The molecule has 25 heavy (non-hydrogen) atoms. The van der Waals surface area contributed by atoms with Crippen LogP contribution >= 0.6 is 23.2 Å². The maximum atomic E-state index is 12.3. The zero-order chi connectivity index (χ0) is 18.0. The summed E-state index contributed by atoms with van der Waals surface area (Å²) in [5, 5.41) is 3.53. The lowest BCUT2D eigenvalue weighted by Crippen LogP contribution is -2.37. The number of nitrogens with zero attached hydrogens (tertiary/aromatic N) is 1. The Morgan fingerprint density at radius 2 is 1.76 bits per heavy atom. The quantitative estimate of drug-likeness (QED) is 0.842. The van der Waals surface area contributed by atoms with Crippen LogP contribution in [-0.4, -0.2) is 26.6 Å². The van der Waals surface area contributed by atoms with Gasteiger partial charge in [0.25, 0.3) is 5.91 Å². The molecular formula is C17H16Cl2N2O3S. The van der Waals surface area contributed by atoms with Crippen molar-refractivity contribution in [3.8, 4) is 0 Å². The van der Waals surface area contributed by atoms with Crippen molar-refractivity contribution in [3.63, 3.8) is 0 Å². The normalized spacial score (nSPS) is 16.5. The van der Waals surface area contributed by atoms with Crippen LogP contribution in [0, 0.1) is 0 Å². The first-order valence-corrected chi connectivity index (χ1v) is 10.1. The average molecular weight is 399 g/mol. The maximum Gasteiger partial charge on any atom is 0.255 e. The van der Waals surface area contributed by atoms with Crippen LogP contribution < -0.4 is 9.62 Å². The molecule has 1 aliphatic rings. The summed E-state index contributed by atoms with van der Waals surface area (Å²) in [6.07, 6.45) is 1.51. The fraction of sp³-hybridized carbons (Fsp3) is 0.235. The zero-order valence-corrected chi connectivity index (χ0v) is 15.5. The van der Waals surface area contributed by atoms with Gasteiger partial charge in [-0.15, -0.1) is 0 Å². The molecule has 0 aromatic heterocycles. The van der Waals surface area contributed by atoms with E-state index in [0.29, 0.717) is 39.9 Å². The van der Waals surface area contributed by atoms with Gasteiger partial charge >= 0.3 is 0 Å². The molecule has 1 heterocycles. The van der Waals surface area contributed by atoms with E-state index in [2.05, 4.69) is 5.32 Å². The third kappa shape index (κ3) is 4.08. The molecule has 1 aliphatic heterocycles. The Kier molecular flexibility index (Phi) is 5.22. The lowest BCUT2D eigenvalue weighted by atomic mass is 10.2. The molecule has 1 fully saturated rings. The first-order valence-electron chi connectivity index (χ1n) is 7.74. The molecule has 1 amide bonds. The van der Waals surface area contributed by atoms with Crippen molar-refractivity contribution in [1.29, 1.82) is 0 Å². The molecule has 2 aromatic rings. The number of amides is 1. The van der Waals surface area contributed by atoms with Gasteiger partial charge in [-0.05, 0) is 55.3 Å². The fourth-order valence-electron chi connectivity index (χ4n) is 2.64. The minimum absolute atomic E-state index is 0.157. The summed E-state index contributed by atoms with van der Waals surface area (Å²) in [6.45, 7) is 0.467. The molecule has 0 saturated carbocycles. The number of hydrogen-bond donors (Lipinski definition) is 1. The summed E-state index contributed by atoms with van der Waals surface area (Å²) in [4.78, 5) is 12.3. The van der Waals surface area contributed by atoms with Crippen molar-refractivity contribution in [3.05, 3.63) is 58.1 Å². The van der Waals surface area contributed by atoms with Crippen molar-refractivity contribution in [2.45, 2.75) is 12.8 Å². The lowest BCUT2D eigenvalue weighted by Gasteiger charge is -2.28. The van der Waals surface area contributed by atoms with Crippen LogP contribution in [0.1, 0.15) is 23.2 Å². The number of benzene rings is 2. The Morgan fingerprint density at radius 1 is 1.04 bits per heavy atom. The molecular weight excluding hydrogens is 383 g/mol. The molecule has 2 aromatic carbocycles. The Labute approximate surface area is 156 Å². The van der Waals surface area contributed by atoms with Crippen LogP contribution in [-0.2, 0) is 10.0 Å². The molecule has 1 saturated heterocycles. The van der Waals surface area contributed by atoms with Gasteiger partial charge in [0.1, 0.15) is 0 Å². The van der Waals surface area contributed by atoms with Gasteiger partial charge in [0.05, 0.1) is 22.2 Å². The Balaban J connectivity index is 1.76. The van der Waals surface area contributed by atoms with E-state index in [-0.39, 0.29) is 11.7 Å². The molecule has 132 valence electrons. The summed E-state index contributed by atoms with van der Waals surface area (Å²) in [7, 11) is -3.27. The predicted molar refractivity (Wildman–Crippen MR) is 101 cm³/mol. The minimum atomic E-state index is -3.27. The van der Waals surface area contributed by atoms with Crippen LogP contribution in [0.3, 0.4) is 0 Å². The molecule has 3 rings (SSSR count). The number of anilines is 2. The van der Waals surface area contributed by atoms with Gasteiger partial charge < -0.3 is 5.32 Å². The summed E-state index contributed by atoms with van der Waals surface area (Å²) in [5.74, 6) is -0.179. The number of hydrogen-bond acceptors (Lipinski definition) is 3. The van der Waals surface area contributed by atoms with Gasteiger partial charge in [0.15, 0.2) is 0 Å². The molecule has 5 nitrogen and oxygen atoms in total. The SMILES string of the molecule is O=C(Nc1ccc(Cl)cc1Cl)c1ccc(N2CCCCS2(=O)=O)cc1. The molecule has 0 atom stereocenters. The van der Waals surface area contributed by atoms with Crippen molar-refractivity contribution < 1.29 is 13.2 Å². The molecule has 8 heteroatoms. The van der Waals surface area contributed by atoms with Crippen LogP contribution in [0.5, 0.6) is 0 Å². The summed E-state index contributed by atoms with van der Waals surface area (Å²) >= 11 is 11.9.